The Morgan fingerprint density at radius 2 is 0.750 bits per heavy atom. The van der Waals surface area contributed by atoms with Gasteiger partial charge in [0.05, 0.1) is 0 Å². The van der Waals surface area contributed by atoms with E-state index in [2.05, 4.69) is 9.97 Å². The Kier molecular flexibility index (Phi) is 21.5. The van der Waals surface area contributed by atoms with Crippen molar-refractivity contribution in [1.82, 2.24) is 9.97 Å². The van der Waals surface area contributed by atoms with Gasteiger partial charge in [0, 0.05) is 24.8 Å². The molecule has 8 heteroatoms. The molecule has 0 N–H and O–H groups in total. The summed E-state index contributed by atoms with van der Waals surface area (Å²) in [6.07, 6.45) is 7.00. The van der Waals surface area contributed by atoms with Gasteiger partial charge in [-0.15, -0.1) is 34.0 Å². The van der Waals surface area contributed by atoms with Crippen LogP contribution < -0.4 is 0 Å². The maximum atomic E-state index is 8.13. The number of aromatic nitrogens is 2. The molecule has 0 aliphatic carbocycles. The van der Waals surface area contributed by atoms with Crippen molar-refractivity contribution < 1.29 is 0 Å². The molecule has 120 valence electrons. The first-order chi connectivity index (χ1) is 10.8. The fourth-order valence-electron chi connectivity index (χ4n) is 0.899. The van der Waals surface area contributed by atoms with Crippen molar-refractivity contribution in [3.8, 4) is 24.3 Å². The van der Waals surface area contributed by atoms with Gasteiger partial charge in [0.1, 0.15) is 24.3 Å². The van der Waals surface area contributed by atoms with Crippen LogP contribution in [0.4, 0.5) is 0 Å². The Labute approximate surface area is 161 Å². The number of hydrogen-bond donors (Lipinski definition) is 0. The number of hydrogen-bond acceptors (Lipinski definition) is 6. The topological polar surface area (TPSA) is 121 Å². The van der Waals surface area contributed by atoms with Crippen LogP contribution >= 0.6 is 34.0 Å². The third kappa shape index (κ3) is 13.9. The third-order valence-corrected chi connectivity index (χ3v) is 1.83. The maximum Gasteiger partial charge on any atom is 0.158 e. The van der Waals surface area contributed by atoms with Crippen molar-refractivity contribution in [1.29, 1.82) is 21.0 Å². The van der Waals surface area contributed by atoms with Crippen molar-refractivity contribution in [2.24, 2.45) is 0 Å². The Hall–Kier alpha value is -3.04. The second kappa shape index (κ2) is 20.0. The smallest absolute Gasteiger partial charge is 0.158 e. The van der Waals surface area contributed by atoms with Gasteiger partial charge in [0.2, 0.25) is 0 Å². The Morgan fingerprint density at radius 1 is 0.500 bits per heavy atom. The average molecular weight is 448 g/mol. The second-order valence-electron chi connectivity index (χ2n) is 3.25. The minimum absolute atomic E-state index is 0. The third-order valence-electron chi connectivity index (χ3n) is 1.83. The van der Waals surface area contributed by atoms with E-state index in [1.54, 1.807) is 24.8 Å². The van der Waals surface area contributed by atoms with Gasteiger partial charge in [-0.25, -0.2) is 0 Å². The molecule has 0 aromatic carbocycles. The molecule has 2 rings (SSSR count). The molecule has 24 heavy (non-hydrogen) atoms. The Morgan fingerprint density at radius 3 is 0.833 bits per heavy atom. The van der Waals surface area contributed by atoms with Crippen LogP contribution in [0, 0.1) is 45.3 Å². The molecule has 2 aromatic heterocycles. The molecule has 0 aliphatic rings. The number of pyridine rings is 2. The molecule has 0 spiro atoms. The molecular formula is C16H12Br2N6. The maximum absolute atomic E-state index is 8.13. The predicted molar refractivity (Wildman–Crippen MR) is 98.6 cm³/mol. The van der Waals surface area contributed by atoms with Gasteiger partial charge in [-0.2, -0.15) is 21.0 Å². The largest absolute Gasteiger partial charge is 0.265 e. The van der Waals surface area contributed by atoms with E-state index in [4.69, 9.17) is 21.0 Å². The molecule has 2 heterocycles. The SMILES string of the molecule is Br.Br.N#CC(C#N)=C(C#N)C#N.c1ccncc1.c1ccncc1. The van der Waals surface area contributed by atoms with Crippen LogP contribution in [0.1, 0.15) is 0 Å². The van der Waals surface area contributed by atoms with Crippen molar-refractivity contribution in [3.63, 3.8) is 0 Å². The molecule has 0 amide bonds. The molecule has 2 aromatic rings. The Bertz CT molecular complexity index is 584. The zero-order chi connectivity index (χ0) is 16.5. The summed E-state index contributed by atoms with van der Waals surface area (Å²) in [7, 11) is 0. The van der Waals surface area contributed by atoms with Crippen LogP contribution in [0.25, 0.3) is 0 Å². The number of allylic oxidation sites excluding steroid dienone is 2. The molecule has 0 aliphatic heterocycles. The molecule has 0 saturated heterocycles. The number of halogens is 2. The first-order valence-corrected chi connectivity index (χ1v) is 5.84. The Balaban J connectivity index is -0.000000275. The minimum Gasteiger partial charge on any atom is -0.265 e. The summed E-state index contributed by atoms with van der Waals surface area (Å²) < 4.78 is 0. The van der Waals surface area contributed by atoms with Gasteiger partial charge < -0.3 is 0 Å². The monoisotopic (exact) mass is 446 g/mol. The van der Waals surface area contributed by atoms with Crippen LogP contribution in [-0.4, -0.2) is 9.97 Å². The van der Waals surface area contributed by atoms with Crippen LogP contribution in [0.15, 0.2) is 72.3 Å². The summed E-state index contributed by atoms with van der Waals surface area (Å²) in [6, 6.07) is 17.1. The summed E-state index contributed by atoms with van der Waals surface area (Å²) in [5.41, 5.74) is -0.880. The fraction of sp³-hybridized carbons (Fsp3) is 0. The highest BCUT2D eigenvalue weighted by Crippen LogP contribution is 1.98. The van der Waals surface area contributed by atoms with E-state index < -0.39 is 11.1 Å². The van der Waals surface area contributed by atoms with Gasteiger partial charge in [-0.1, -0.05) is 12.1 Å². The first-order valence-electron chi connectivity index (χ1n) is 5.84. The highest BCUT2D eigenvalue weighted by Gasteiger charge is 2.01. The van der Waals surface area contributed by atoms with Crippen LogP contribution in [0.5, 0.6) is 0 Å². The molecule has 6 nitrogen and oxygen atoms in total. The molecule has 0 radical (unpaired) electrons. The number of nitriles is 4. The summed E-state index contributed by atoms with van der Waals surface area (Å²) in [5.74, 6) is 0. The van der Waals surface area contributed by atoms with Crippen molar-refractivity contribution in [2.45, 2.75) is 0 Å². The lowest BCUT2D eigenvalue weighted by Crippen LogP contribution is -1.79. The van der Waals surface area contributed by atoms with Gasteiger partial charge in [0.15, 0.2) is 11.1 Å². The van der Waals surface area contributed by atoms with E-state index in [0.29, 0.717) is 0 Å². The van der Waals surface area contributed by atoms with E-state index >= 15 is 0 Å². The van der Waals surface area contributed by atoms with Crippen molar-refractivity contribution in [2.75, 3.05) is 0 Å². The van der Waals surface area contributed by atoms with Gasteiger partial charge in [0.25, 0.3) is 0 Å². The lowest BCUT2D eigenvalue weighted by molar-refractivity contribution is 1.33. The average Bonchev–Trinajstić information content (AvgIpc) is 2.63. The lowest BCUT2D eigenvalue weighted by Gasteiger charge is -1.76. The normalized spacial score (nSPS) is 6.33. The lowest BCUT2D eigenvalue weighted by atomic mass is 10.2. The zero-order valence-electron chi connectivity index (χ0n) is 12.3. The fourth-order valence-corrected chi connectivity index (χ4v) is 0.899. The van der Waals surface area contributed by atoms with Gasteiger partial charge >= 0.3 is 0 Å². The van der Waals surface area contributed by atoms with E-state index in [1.807, 2.05) is 36.4 Å². The van der Waals surface area contributed by atoms with E-state index in [1.165, 1.54) is 24.3 Å². The van der Waals surface area contributed by atoms with E-state index in [9.17, 15) is 0 Å². The van der Waals surface area contributed by atoms with Crippen LogP contribution in [-0.2, 0) is 0 Å². The highest BCUT2D eigenvalue weighted by atomic mass is 79.9. The molecule has 0 bridgehead atoms. The quantitative estimate of drug-likeness (QED) is 0.567. The summed E-state index contributed by atoms with van der Waals surface area (Å²) >= 11 is 0. The van der Waals surface area contributed by atoms with E-state index in [-0.39, 0.29) is 34.0 Å². The molecule has 0 fully saturated rings. The molecule has 0 atom stereocenters. The number of rotatable bonds is 0. The standard InChI is InChI=1S/C6N4.2C5H5N.2BrH/c7-1-5(2-8)6(3-9)4-10;2*1-2-4-6-5-3-1;;/h;2*1-5H;2*1H. The molecular weight excluding hydrogens is 436 g/mol. The van der Waals surface area contributed by atoms with Gasteiger partial charge in [-0.3, -0.25) is 9.97 Å². The summed E-state index contributed by atoms with van der Waals surface area (Å²) in [4.78, 5) is 7.57. The predicted octanol–water partition coefficient (Wildman–Crippen LogP) is 3.70. The van der Waals surface area contributed by atoms with Crippen LogP contribution in [0.3, 0.4) is 0 Å². The highest BCUT2D eigenvalue weighted by molar-refractivity contribution is 8.93. The van der Waals surface area contributed by atoms with E-state index in [0.717, 1.165) is 0 Å². The van der Waals surface area contributed by atoms with Crippen LogP contribution in [0.2, 0.25) is 0 Å². The molecule has 0 unspecified atom stereocenters. The minimum atomic E-state index is -0.440. The second-order valence-corrected chi connectivity index (χ2v) is 3.25. The van der Waals surface area contributed by atoms with Gasteiger partial charge in [-0.05, 0) is 24.3 Å². The van der Waals surface area contributed by atoms with Crippen molar-refractivity contribution in [3.05, 3.63) is 72.3 Å². The van der Waals surface area contributed by atoms with Crippen molar-refractivity contribution >= 4 is 34.0 Å². The molecule has 0 saturated carbocycles. The zero-order valence-corrected chi connectivity index (χ0v) is 15.7. The number of nitrogens with zero attached hydrogens (tertiary/aromatic N) is 6. The summed E-state index contributed by atoms with van der Waals surface area (Å²) in [5, 5.41) is 32.5. The first kappa shape index (κ1) is 25.9. The summed E-state index contributed by atoms with van der Waals surface area (Å²) in [6.45, 7) is 0.